The number of halogens is 1. The molecule has 0 unspecified atom stereocenters. The SMILES string of the molecule is CCNC(=NCCCN1CCCN(C)CC1)N(C)CCOCC1CC1.I. The quantitative estimate of drug-likeness (QED) is 0.224. The molecule has 0 aromatic rings. The average molecular weight is 481 g/mol. The summed E-state index contributed by atoms with van der Waals surface area (Å²) in [7, 11) is 4.33. The van der Waals surface area contributed by atoms with Crippen molar-refractivity contribution in [1.82, 2.24) is 20.0 Å². The molecule has 0 spiro atoms. The fourth-order valence-corrected chi connectivity index (χ4v) is 3.11. The van der Waals surface area contributed by atoms with E-state index in [1.165, 1.54) is 45.4 Å². The van der Waals surface area contributed by atoms with Crippen molar-refractivity contribution in [2.45, 2.75) is 32.6 Å². The minimum Gasteiger partial charge on any atom is -0.379 e. The van der Waals surface area contributed by atoms with Crippen LogP contribution in [0.3, 0.4) is 0 Å². The van der Waals surface area contributed by atoms with Gasteiger partial charge in [-0.1, -0.05) is 0 Å². The first kappa shape index (κ1) is 23.9. The smallest absolute Gasteiger partial charge is 0.193 e. The molecule has 1 saturated heterocycles. The van der Waals surface area contributed by atoms with Crippen molar-refractivity contribution in [3.63, 3.8) is 0 Å². The van der Waals surface area contributed by atoms with Crippen LogP contribution < -0.4 is 5.32 Å². The Morgan fingerprint density at radius 1 is 1.23 bits per heavy atom. The van der Waals surface area contributed by atoms with Crippen LogP contribution in [0.2, 0.25) is 0 Å². The molecule has 2 fully saturated rings. The number of hydrogen-bond donors (Lipinski definition) is 1. The molecule has 0 aromatic carbocycles. The van der Waals surface area contributed by atoms with Gasteiger partial charge in [-0.15, -0.1) is 24.0 Å². The van der Waals surface area contributed by atoms with Gasteiger partial charge in [-0.05, 0) is 65.2 Å². The zero-order chi connectivity index (χ0) is 17.9. The average Bonchev–Trinajstić information content (AvgIpc) is 3.43. The van der Waals surface area contributed by atoms with Gasteiger partial charge in [-0.25, -0.2) is 0 Å². The highest BCUT2D eigenvalue weighted by molar-refractivity contribution is 14.0. The van der Waals surface area contributed by atoms with E-state index < -0.39 is 0 Å². The second-order valence-electron chi connectivity index (χ2n) is 7.53. The van der Waals surface area contributed by atoms with Gasteiger partial charge >= 0.3 is 0 Å². The van der Waals surface area contributed by atoms with E-state index in [-0.39, 0.29) is 24.0 Å². The van der Waals surface area contributed by atoms with E-state index in [2.05, 4.69) is 41.0 Å². The molecule has 1 N–H and O–H groups in total. The number of aliphatic imine (C=N–C) groups is 1. The van der Waals surface area contributed by atoms with Gasteiger partial charge in [0.05, 0.1) is 6.61 Å². The van der Waals surface area contributed by atoms with E-state index in [4.69, 9.17) is 9.73 Å². The van der Waals surface area contributed by atoms with Crippen LogP contribution >= 0.6 is 24.0 Å². The molecule has 2 aliphatic rings. The molecule has 1 heterocycles. The summed E-state index contributed by atoms with van der Waals surface area (Å²) in [6.45, 7) is 12.5. The Kier molecular flexibility index (Phi) is 12.8. The van der Waals surface area contributed by atoms with Crippen molar-refractivity contribution in [1.29, 1.82) is 0 Å². The second kappa shape index (κ2) is 14.0. The van der Waals surface area contributed by atoms with Crippen LogP contribution in [0.25, 0.3) is 0 Å². The summed E-state index contributed by atoms with van der Waals surface area (Å²) in [5, 5.41) is 3.40. The number of hydrogen-bond acceptors (Lipinski definition) is 4. The van der Waals surface area contributed by atoms with Crippen LogP contribution in [-0.4, -0.2) is 100 Å². The Hall–Kier alpha value is -0.120. The largest absolute Gasteiger partial charge is 0.379 e. The second-order valence-corrected chi connectivity index (χ2v) is 7.53. The number of guanidine groups is 1. The van der Waals surface area contributed by atoms with E-state index in [0.717, 1.165) is 57.7 Å². The third-order valence-electron chi connectivity index (χ3n) is 5.02. The lowest BCUT2D eigenvalue weighted by Crippen LogP contribution is -2.40. The maximum atomic E-state index is 5.75. The van der Waals surface area contributed by atoms with Gasteiger partial charge in [0.1, 0.15) is 0 Å². The lowest BCUT2D eigenvalue weighted by atomic mass is 10.3. The third-order valence-corrected chi connectivity index (χ3v) is 5.02. The zero-order valence-corrected chi connectivity index (χ0v) is 19.4. The Labute approximate surface area is 177 Å². The van der Waals surface area contributed by atoms with Crippen molar-refractivity contribution in [3.8, 4) is 0 Å². The van der Waals surface area contributed by atoms with Gasteiger partial charge in [0.2, 0.25) is 0 Å². The number of ether oxygens (including phenoxy) is 1. The molecule has 0 aromatic heterocycles. The first-order valence-corrected chi connectivity index (χ1v) is 10.2. The van der Waals surface area contributed by atoms with E-state index in [0.29, 0.717) is 0 Å². The zero-order valence-electron chi connectivity index (χ0n) is 17.1. The Balaban J connectivity index is 0.00000338. The molecular weight excluding hydrogens is 441 g/mol. The highest BCUT2D eigenvalue weighted by Gasteiger charge is 2.21. The summed E-state index contributed by atoms with van der Waals surface area (Å²) in [4.78, 5) is 12.0. The molecule has 0 atom stereocenters. The molecule has 2 rings (SSSR count). The van der Waals surface area contributed by atoms with E-state index in [1.54, 1.807) is 0 Å². The first-order chi connectivity index (χ1) is 12.2. The fraction of sp³-hybridized carbons (Fsp3) is 0.947. The van der Waals surface area contributed by atoms with Crippen LogP contribution in [0.5, 0.6) is 0 Å². The molecule has 1 aliphatic carbocycles. The van der Waals surface area contributed by atoms with Crippen LogP contribution in [0, 0.1) is 5.92 Å². The fourth-order valence-electron chi connectivity index (χ4n) is 3.11. The normalized spacial score (nSPS) is 19.7. The molecule has 0 bridgehead atoms. The molecule has 7 heteroatoms. The molecular formula is C19H40IN5O. The molecule has 6 nitrogen and oxygen atoms in total. The van der Waals surface area contributed by atoms with Gasteiger partial charge in [-0.3, -0.25) is 4.99 Å². The van der Waals surface area contributed by atoms with Crippen molar-refractivity contribution in [2.75, 3.05) is 79.7 Å². The van der Waals surface area contributed by atoms with Gasteiger partial charge in [-0.2, -0.15) is 0 Å². The summed E-state index contributed by atoms with van der Waals surface area (Å²) in [5.41, 5.74) is 0. The van der Waals surface area contributed by atoms with E-state index >= 15 is 0 Å². The van der Waals surface area contributed by atoms with Crippen LogP contribution in [0.1, 0.15) is 32.6 Å². The highest BCUT2D eigenvalue weighted by Crippen LogP contribution is 2.28. The van der Waals surface area contributed by atoms with Crippen molar-refractivity contribution >= 4 is 29.9 Å². The lowest BCUT2D eigenvalue weighted by molar-refractivity contribution is 0.115. The van der Waals surface area contributed by atoms with Crippen LogP contribution in [-0.2, 0) is 4.74 Å². The van der Waals surface area contributed by atoms with Gasteiger partial charge < -0.3 is 24.8 Å². The van der Waals surface area contributed by atoms with Gasteiger partial charge in [0.15, 0.2) is 5.96 Å². The number of rotatable bonds is 10. The van der Waals surface area contributed by atoms with Crippen LogP contribution in [0.15, 0.2) is 4.99 Å². The number of nitrogens with one attached hydrogen (secondary N) is 1. The Bertz CT molecular complexity index is 392. The summed E-state index contributed by atoms with van der Waals surface area (Å²) >= 11 is 0. The third kappa shape index (κ3) is 10.3. The molecule has 26 heavy (non-hydrogen) atoms. The van der Waals surface area contributed by atoms with Crippen molar-refractivity contribution in [3.05, 3.63) is 0 Å². The van der Waals surface area contributed by atoms with Crippen molar-refractivity contribution < 1.29 is 4.74 Å². The predicted octanol–water partition coefficient (Wildman–Crippen LogP) is 1.96. The minimum absolute atomic E-state index is 0. The summed E-state index contributed by atoms with van der Waals surface area (Å²) in [6.07, 6.45) is 5.12. The van der Waals surface area contributed by atoms with Crippen molar-refractivity contribution in [2.24, 2.45) is 10.9 Å². The first-order valence-electron chi connectivity index (χ1n) is 10.2. The minimum atomic E-state index is 0. The molecule has 0 amide bonds. The van der Waals surface area contributed by atoms with E-state index in [1.807, 2.05) is 0 Å². The maximum Gasteiger partial charge on any atom is 0.193 e. The standard InChI is InChI=1S/C19H39N5O.HI/c1-4-20-19(23(3)15-16-25-17-18-7-8-18)21-9-5-11-24-12-6-10-22(2)13-14-24;/h18H,4-17H2,1-3H3,(H,20,21);1H. The summed E-state index contributed by atoms with van der Waals surface area (Å²) in [6, 6.07) is 0. The molecule has 154 valence electrons. The van der Waals surface area contributed by atoms with E-state index in [9.17, 15) is 0 Å². The summed E-state index contributed by atoms with van der Waals surface area (Å²) < 4.78 is 5.75. The Morgan fingerprint density at radius 3 is 2.77 bits per heavy atom. The summed E-state index contributed by atoms with van der Waals surface area (Å²) in [5.74, 6) is 1.85. The Morgan fingerprint density at radius 2 is 2.04 bits per heavy atom. The highest BCUT2D eigenvalue weighted by atomic mass is 127. The molecule has 1 aliphatic heterocycles. The monoisotopic (exact) mass is 481 g/mol. The predicted molar refractivity (Wildman–Crippen MR) is 121 cm³/mol. The number of likely N-dealkylation sites (N-methyl/N-ethyl adjacent to an activating group) is 2. The maximum absolute atomic E-state index is 5.75. The van der Waals surface area contributed by atoms with Gasteiger partial charge in [0, 0.05) is 46.4 Å². The lowest BCUT2D eigenvalue weighted by Gasteiger charge is -2.22. The molecule has 0 radical (unpaired) electrons. The molecule has 1 saturated carbocycles. The van der Waals surface area contributed by atoms with Crippen LogP contribution in [0.4, 0.5) is 0 Å². The number of nitrogens with zero attached hydrogens (tertiary/aromatic N) is 4. The van der Waals surface area contributed by atoms with Gasteiger partial charge in [0.25, 0.3) is 0 Å². The topological polar surface area (TPSA) is 43.3 Å².